The lowest BCUT2D eigenvalue weighted by molar-refractivity contribution is 0.226. The van der Waals surface area contributed by atoms with E-state index in [1.165, 1.54) is 48.8 Å². The first kappa shape index (κ1) is 24.2. The van der Waals surface area contributed by atoms with Crippen molar-refractivity contribution in [2.24, 2.45) is 5.92 Å². The highest BCUT2D eigenvalue weighted by Crippen LogP contribution is 2.50. The molecule has 0 heterocycles. The van der Waals surface area contributed by atoms with E-state index in [1.807, 2.05) is 12.1 Å². The molecule has 3 N–H and O–H groups in total. The summed E-state index contributed by atoms with van der Waals surface area (Å²) in [6, 6.07) is 23.3. The summed E-state index contributed by atoms with van der Waals surface area (Å²) in [5.41, 5.74) is 3.71. The minimum Gasteiger partial charge on any atom is -0.508 e. The lowest BCUT2D eigenvalue weighted by Crippen LogP contribution is -2.34. The predicted molar refractivity (Wildman–Crippen MR) is 139 cm³/mol. The zero-order valence-corrected chi connectivity index (χ0v) is 20.3. The zero-order valence-electron chi connectivity index (χ0n) is 20.3. The van der Waals surface area contributed by atoms with Crippen LogP contribution in [0.15, 0.2) is 72.8 Å². The summed E-state index contributed by atoms with van der Waals surface area (Å²) >= 11 is 0. The standard InChI is InChI=1S/C31H38O3/c1-2-3-4-5-6-30(23-7-13-27(32)14-8-23)24-19-21-31(22-20-24,25-9-15-28(33)16-10-25)26-11-17-29(34)18-12-26/h7-18,24,30,32-34H,2-6,19-22H2,1H3. The van der Waals surface area contributed by atoms with E-state index >= 15 is 0 Å². The van der Waals surface area contributed by atoms with E-state index in [0.29, 0.717) is 17.6 Å². The molecule has 1 aliphatic carbocycles. The van der Waals surface area contributed by atoms with Gasteiger partial charge in [0.1, 0.15) is 17.2 Å². The van der Waals surface area contributed by atoms with Gasteiger partial charge in [-0.3, -0.25) is 0 Å². The van der Waals surface area contributed by atoms with Crippen molar-refractivity contribution in [3.05, 3.63) is 89.5 Å². The fourth-order valence-corrected chi connectivity index (χ4v) is 6.03. The van der Waals surface area contributed by atoms with Gasteiger partial charge in [0.25, 0.3) is 0 Å². The molecule has 0 spiro atoms. The molecule has 3 heteroatoms. The molecule has 1 aliphatic rings. The van der Waals surface area contributed by atoms with Crippen LogP contribution in [0.4, 0.5) is 0 Å². The zero-order chi connectivity index (χ0) is 24.0. The molecule has 0 amide bonds. The molecule has 180 valence electrons. The lowest BCUT2D eigenvalue weighted by atomic mass is 9.60. The van der Waals surface area contributed by atoms with Gasteiger partial charge in [-0.2, -0.15) is 0 Å². The van der Waals surface area contributed by atoms with E-state index in [9.17, 15) is 15.3 Å². The molecule has 0 saturated heterocycles. The van der Waals surface area contributed by atoms with Crippen molar-refractivity contribution in [3.63, 3.8) is 0 Å². The molecule has 4 rings (SSSR count). The first-order chi connectivity index (χ1) is 16.5. The van der Waals surface area contributed by atoms with Gasteiger partial charge in [0.2, 0.25) is 0 Å². The van der Waals surface area contributed by atoms with Gasteiger partial charge < -0.3 is 15.3 Å². The van der Waals surface area contributed by atoms with E-state index < -0.39 is 0 Å². The summed E-state index contributed by atoms with van der Waals surface area (Å²) < 4.78 is 0. The second-order valence-electron chi connectivity index (χ2n) is 10.1. The Hall–Kier alpha value is -2.94. The molecule has 0 aromatic heterocycles. The predicted octanol–water partition coefficient (Wildman–Crippen LogP) is 8.03. The maximum atomic E-state index is 9.88. The van der Waals surface area contributed by atoms with Gasteiger partial charge in [0.05, 0.1) is 0 Å². The average molecular weight is 459 g/mol. The van der Waals surface area contributed by atoms with Crippen molar-refractivity contribution in [2.75, 3.05) is 0 Å². The molecule has 1 saturated carbocycles. The van der Waals surface area contributed by atoms with Crippen molar-refractivity contribution in [1.29, 1.82) is 0 Å². The van der Waals surface area contributed by atoms with Crippen LogP contribution in [0.2, 0.25) is 0 Å². The second-order valence-corrected chi connectivity index (χ2v) is 10.1. The smallest absolute Gasteiger partial charge is 0.115 e. The van der Waals surface area contributed by atoms with Crippen LogP contribution in [-0.4, -0.2) is 15.3 Å². The normalized spacial score (nSPS) is 16.9. The van der Waals surface area contributed by atoms with E-state index in [0.717, 1.165) is 25.7 Å². The highest BCUT2D eigenvalue weighted by atomic mass is 16.3. The third-order valence-electron chi connectivity index (χ3n) is 7.98. The van der Waals surface area contributed by atoms with Gasteiger partial charge in [0, 0.05) is 5.41 Å². The topological polar surface area (TPSA) is 60.7 Å². The Balaban J connectivity index is 1.59. The molecule has 3 aromatic rings. The fourth-order valence-electron chi connectivity index (χ4n) is 6.03. The molecule has 0 aliphatic heterocycles. The van der Waals surface area contributed by atoms with Gasteiger partial charge >= 0.3 is 0 Å². The van der Waals surface area contributed by atoms with Crippen LogP contribution in [0.25, 0.3) is 0 Å². The largest absolute Gasteiger partial charge is 0.508 e. The van der Waals surface area contributed by atoms with E-state index in [1.54, 1.807) is 24.3 Å². The highest BCUT2D eigenvalue weighted by Gasteiger charge is 2.40. The van der Waals surface area contributed by atoms with Crippen LogP contribution in [-0.2, 0) is 5.41 Å². The van der Waals surface area contributed by atoms with Crippen molar-refractivity contribution in [2.45, 2.75) is 76.0 Å². The summed E-state index contributed by atoms with van der Waals surface area (Å²) in [6.07, 6.45) is 10.6. The van der Waals surface area contributed by atoms with Crippen LogP contribution < -0.4 is 0 Å². The van der Waals surface area contributed by atoms with E-state index in [2.05, 4.69) is 43.3 Å². The Bertz CT molecular complexity index is 966. The molecule has 3 nitrogen and oxygen atoms in total. The molecule has 0 radical (unpaired) electrons. The molecular formula is C31H38O3. The summed E-state index contributed by atoms with van der Waals surface area (Å²) in [5.74, 6) is 2.02. The van der Waals surface area contributed by atoms with Crippen molar-refractivity contribution in [3.8, 4) is 17.2 Å². The number of hydrogen-bond donors (Lipinski definition) is 3. The maximum Gasteiger partial charge on any atom is 0.115 e. The van der Waals surface area contributed by atoms with Gasteiger partial charge in [-0.05, 0) is 97.0 Å². The third-order valence-corrected chi connectivity index (χ3v) is 7.98. The van der Waals surface area contributed by atoms with Crippen LogP contribution in [0, 0.1) is 5.92 Å². The van der Waals surface area contributed by atoms with Crippen LogP contribution in [0.3, 0.4) is 0 Å². The average Bonchev–Trinajstić information content (AvgIpc) is 2.86. The summed E-state index contributed by atoms with van der Waals surface area (Å²) in [7, 11) is 0. The Kier molecular flexibility index (Phi) is 7.82. The number of phenolic OH excluding ortho intramolecular Hbond substituents is 3. The van der Waals surface area contributed by atoms with E-state index in [-0.39, 0.29) is 16.9 Å². The van der Waals surface area contributed by atoms with Crippen LogP contribution >= 0.6 is 0 Å². The number of hydrogen-bond acceptors (Lipinski definition) is 3. The number of benzene rings is 3. The minimum atomic E-state index is -0.111. The molecule has 3 aromatic carbocycles. The number of unbranched alkanes of at least 4 members (excludes halogenated alkanes) is 3. The molecule has 1 unspecified atom stereocenters. The summed E-state index contributed by atoms with van der Waals surface area (Å²) in [6.45, 7) is 2.25. The van der Waals surface area contributed by atoms with E-state index in [4.69, 9.17) is 0 Å². The first-order valence-electron chi connectivity index (χ1n) is 12.9. The van der Waals surface area contributed by atoms with Crippen molar-refractivity contribution >= 4 is 0 Å². The lowest BCUT2D eigenvalue weighted by Gasteiger charge is -2.43. The molecule has 0 bridgehead atoms. The highest BCUT2D eigenvalue weighted by molar-refractivity contribution is 5.43. The van der Waals surface area contributed by atoms with Crippen LogP contribution in [0.1, 0.15) is 87.3 Å². The molecule has 34 heavy (non-hydrogen) atoms. The Morgan fingerprint density at radius 3 is 1.62 bits per heavy atom. The minimum absolute atomic E-state index is 0.111. The summed E-state index contributed by atoms with van der Waals surface area (Å²) in [5, 5.41) is 29.6. The third kappa shape index (κ3) is 5.41. The van der Waals surface area contributed by atoms with Gasteiger partial charge in [0.15, 0.2) is 0 Å². The number of phenols is 3. The van der Waals surface area contributed by atoms with Gasteiger partial charge in [-0.25, -0.2) is 0 Å². The fraction of sp³-hybridized carbons (Fsp3) is 0.419. The van der Waals surface area contributed by atoms with Crippen molar-refractivity contribution in [1.82, 2.24) is 0 Å². The summed E-state index contributed by atoms with van der Waals surface area (Å²) in [4.78, 5) is 0. The molecule has 1 fully saturated rings. The first-order valence-corrected chi connectivity index (χ1v) is 12.9. The Morgan fingerprint density at radius 2 is 1.15 bits per heavy atom. The van der Waals surface area contributed by atoms with Gasteiger partial charge in [-0.1, -0.05) is 69.0 Å². The number of rotatable bonds is 9. The maximum absolute atomic E-state index is 9.88. The number of aromatic hydroxyl groups is 3. The van der Waals surface area contributed by atoms with Gasteiger partial charge in [-0.15, -0.1) is 0 Å². The molecular weight excluding hydrogens is 420 g/mol. The quantitative estimate of drug-likeness (QED) is 0.284. The SMILES string of the molecule is CCCCCCC(c1ccc(O)cc1)C1CCC(c2ccc(O)cc2)(c2ccc(O)cc2)CC1. The Labute approximate surface area is 204 Å². The van der Waals surface area contributed by atoms with Crippen LogP contribution in [0.5, 0.6) is 17.2 Å². The molecule has 1 atom stereocenters. The monoisotopic (exact) mass is 458 g/mol. The van der Waals surface area contributed by atoms with Crippen molar-refractivity contribution < 1.29 is 15.3 Å². The second kappa shape index (κ2) is 11.0. The Morgan fingerprint density at radius 1 is 0.676 bits per heavy atom.